The Bertz CT molecular complexity index is 2580. The number of aromatic nitrogens is 6. The van der Waals surface area contributed by atoms with Crippen LogP contribution in [0.3, 0.4) is 0 Å². The molecule has 430 valence electrons. The van der Waals surface area contributed by atoms with E-state index < -0.39 is 43.1 Å². The second-order valence-electron chi connectivity index (χ2n) is 26.2. The van der Waals surface area contributed by atoms with Gasteiger partial charge >= 0.3 is 11.9 Å². The van der Waals surface area contributed by atoms with E-state index in [0.717, 1.165) is 125 Å². The molecule has 4 aromatic heterocycles. The molecule has 0 saturated heterocycles. The van der Waals surface area contributed by atoms with Crippen LogP contribution in [0.5, 0.6) is 0 Å². The Morgan fingerprint density at radius 3 is 1.35 bits per heavy atom. The fraction of sp³-hybridized carbons (Fsp3) is 0.679. The topological polar surface area (TPSA) is 156 Å². The zero-order chi connectivity index (χ0) is 56.8. The molecule has 21 heteroatoms. The maximum Gasteiger partial charge on any atom is 0.312 e. The summed E-state index contributed by atoms with van der Waals surface area (Å²) in [6, 6.07) is 10.6. The summed E-state index contributed by atoms with van der Waals surface area (Å²) < 4.78 is 40.2. The monoisotopic (exact) mass is 1250 g/mol. The second kappa shape index (κ2) is 28.4. The minimum Gasteiger partial charge on any atom is -0.466 e. The Labute approximate surface area is 479 Å². The van der Waals surface area contributed by atoms with Crippen LogP contribution in [0.2, 0.25) is 103 Å². The summed E-state index contributed by atoms with van der Waals surface area (Å²) in [6.07, 6.45) is 12.2. The summed E-state index contributed by atoms with van der Waals surface area (Å²) in [5.41, 5.74) is 4.75. The number of carbonyl (C=O) groups excluding carboxylic acids is 2. The van der Waals surface area contributed by atoms with Gasteiger partial charge in [0.15, 0.2) is 11.3 Å². The Morgan fingerprint density at radius 1 is 0.597 bits per heavy atom. The Morgan fingerprint density at radius 2 is 0.987 bits per heavy atom. The first-order valence-corrected chi connectivity index (χ1v) is 43.9. The molecule has 16 nitrogen and oxygen atoms in total. The average molecular weight is 1250 g/mol. The van der Waals surface area contributed by atoms with Crippen LogP contribution in [-0.4, -0.2) is 140 Å². The SMILES string of the molecule is CCOC(=O)C1(C)CC=C(c2cc(N(COCC[Si](C)(C)C)COCC[Si](C)(C)C)n3ncc(I)c3n2)CC1.CCOC(=O)C1(C)CC=C(c2cc(N(COCC[Si](C)(C)C)COCC[Si](C)(C)C)n3nccc3n2)CC1. The average Bonchev–Trinajstić information content (AvgIpc) is 3.98. The van der Waals surface area contributed by atoms with Crippen molar-refractivity contribution in [1.82, 2.24) is 29.2 Å². The first kappa shape index (κ1) is 64.5. The van der Waals surface area contributed by atoms with Gasteiger partial charge in [-0.05, 0) is 124 Å². The number of nitrogens with zero attached hydrogens (tertiary/aromatic N) is 8. The van der Waals surface area contributed by atoms with Crippen LogP contribution >= 0.6 is 22.6 Å². The molecule has 0 spiro atoms. The first-order chi connectivity index (χ1) is 36.0. The van der Waals surface area contributed by atoms with Gasteiger partial charge in [0.05, 0.1) is 51.4 Å². The van der Waals surface area contributed by atoms with E-state index in [1.54, 1.807) is 6.20 Å². The largest absolute Gasteiger partial charge is 0.466 e. The molecule has 2 aliphatic carbocycles. The number of allylic oxidation sites excluding steroid dienone is 4. The van der Waals surface area contributed by atoms with Gasteiger partial charge in [-0.15, -0.1) is 0 Å². The fourth-order valence-corrected chi connectivity index (χ4v) is 12.0. The third-order valence-corrected chi connectivity index (χ3v) is 21.6. The van der Waals surface area contributed by atoms with Gasteiger partial charge in [-0.1, -0.05) is 90.7 Å². The van der Waals surface area contributed by atoms with Gasteiger partial charge in [-0.2, -0.15) is 19.2 Å². The molecule has 2 unspecified atom stereocenters. The minimum atomic E-state index is -1.20. The Hall–Kier alpha value is -3.30. The van der Waals surface area contributed by atoms with E-state index >= 15 is 0 Å². The molecule has 0 aromatic carbocycles. The highest BCUT2D eigenvalue weighted by Crippen LogP contribution is 2.41. The van der Waals surface area contributed by atoms with E-state index in [2.05, 4.69) is 145 Å². The van der Waals surface area contributed by atoms with E-state index in [1.165, 1.54) is 0 Å². The molecule has 0 radical (unpaired) electrons. The second-order valence-corrected chi connectivity index (χ2v) is 49.9. The molecule has 6 rings (SSSR count). The van der Waals surface area contributed by atoms with Crippen LogP contribution in [0, 0.1) is 14.4 Å². The van der Waals surface area contributed by atoms with E-state index in [4.69, 9.17) is 38.4 Å². The molecule has 77 heavy (non-hydrogen) atoms. The van der Waals surface area contributed by atoms with Crippen molar-refractivity contribution in [2.24, 2.45) is 10.8 Å². The van der Waals surface area contributed by atoms with Crippen LogP contribution in [-0.2, 0) is 38.0 Å². The number of hydrogen-bond donors (Lipinski definition) is 0. The van der Waals surface area contributed by atoms with Crippen molar-refractivity contribution in [2.75, 3.05) is 76.4 Å². The Kier molecular flexibility index (Phi) is 23.8. The van der Waals surface area contributed by atoms with Gasteiger partial charge < -0.3 is 38.2 Å². The number of esters is 2. The van der Waals surface area contributed by atoms with Crippen molar-refractivity contribution in [2.45, 2.75) is 169 Å². The lowest BCUT2D eigenvalue weighted by Gasteiger charge is -2.31. The van der Waals surface area contributed by atoms with E-state index in [0.29, 0.717) is 53.0 Å². The van der Waals surface area contributed by atoms with Crippen molar-refractivity contribution < 1.29 is 38.0 Å². The van der Waals surface area contributed by atoms with Crippen molar-refractivity contribution in [3.8, 4) is 0 Å². The summed E-state index contributed by atoms with van der Waals surface area (Å²) >= 11 is 2.29. The predicted octanol–water partition coefficient (Wildman–Crippen LogP) is 13.2. The molecule has 4 aromatic rings. The van der Waals surface area contributed by atoms with Gasteiger partial charge in [-0.25, -0.2) is 9.97 Å². The lowest BCUT2D eigenvalue weighted by Crippen LogP contribution is -2.33. The van der Waals surface area contributed by atoms with Crippen molar-refractivity contribution in [1.29, 1.82) is 0 Å². The molecule has 4 heterocycles. The normalized spacial score (nSPS) is 18.4. The number of rotatable bonds is 28. The molecular formula is C56H95IN8O8Si4. The van der Waals surface area contributed by atoms with E-state index in [9.17, 15) is 9.59 Å². The van der Waals surface area contributed by atoms with Crippen LogP contribution in [0.25, 0.3) is 22.4 Å². The smallest absolute Gasteiger partial charge is 0.312 e. The molecule has 0 bridgehead atoms. The molecule has 0 aliphatic heterocycles. The molecular weight excluding hydrogens is 1150 g/mol. The Balaban J connectivity index is 0.000000284. The standard InChI is InChI=1S/C28H47IN4O4Si2.C28H48N4O4Si2/c1-9-37-27(34)28(2)12-10-22(11-13-28)24-18-25(33-26(31-24)23(29)19-30-33)32(20-35-14-16-38(3,4)5)21-36-15-17-39(6,7)8;1-9-36-27(33)28(2)13-10-23(11-14-28)24-20-26(32-25(30-24)12-15-29-32)31(21-34-16-18-37(3,4)5)22-35-17-19-38(6,7)8/h10,18-19H,9,11-17,20-21H2,1-8H3;10,12,15,20H,9,11,13-14,16-19,21-22H2,1-8H3. The molecule has 0 amide bonds. The van der Waals surface area contributed by atoms with Crippen molar-refractivity contribution in [3.05, 3.63) is 57.7 Å². The lowest BCUT2D eigenvalue weighted by molar-refractivity contribution is -0.155. The zero-order valence-electron chi connectivity index (χ0n) is 49.9. The summed E-state index contributed by atoms with van der Waals surface area (Å²) in [5.74, 6) is 1.56. The third kappa shape index (κ3) is 20.3. The summed E-state index contributed by atoms with van der Waals surface area (Å²) in [4.78, 5) is 39.2. The highest BCUT2D eigenvalue weighted by Gasteiger charge is 2.38. The van der Waals surface area contributed by atoms with E-state index in [1.807, 2.05) is 49.0 Å². The lowest BCUT2D eigenvalue weighted by atomic mass is 9.76. The quantitative estimate of drug-likeness (QED) is 0.0174. The third-order valence-electron chi connectivity index (χ3n) is 14.1. The maximum atomic E-state index is 12.6. The maximum absolute atomic E-state index is 12.6. The van der Waals surface area contributed by atoms with E-state index in [-0.39, 0.29) is 11.9 Å². The number of carbonyl (C=O) groups is 2. The first-order valence-electron chi connectivity index (χ1n) is 28.0. The molecule has 0 saturated carbocycles. The minimum absolute atomic E-state index is 0.118. The van der Waals surface area contributed by atoms with Gasteiger partial charge in [0.1, 0.15) is 38.6 Å². The number of hydrogen-bond acceptors (Lipinski definition) is 14. The predicted molar refractivity (Wildman–Crippen MR) is 333 cm³/mol. The highest BCUT2D eigenvalue weighted by molar-refractivity contribution is 14.1. The van der Waals surface area contributed by atoms with Crippen LogP contribution in [0.15, 0.2) is 42.7 Å². The van der Waals surface area contributed by atoms with Crippen molar-refractivity contribution >= 4 is 101 Å². The summed E-state index contributed by atoms with van der Waals surface area (Å²) in [6.45, 7) is 41.5. The van der Waals surface area contributed by atoms with Gasteiger partial charge in [0.25, 0.3) is 0 Å². The number of ether oxygens (including phenoxy) is 6. The number of fused-ring (bicyclic) bond motifs is 2. The number of halogens is 1. The van der Waals surface area contributed by atoms with Gasteiger partial charge in [0.2, 0.25) is 0 Å². The highest BCUT2D eigenvalue weighted by atomic mass is 127. The number of anilines is 2. The molecule has 0 N–H and O–H groups in total. The zero-order valence-corrected chi connectivity index (χ0v) is 56.1. The van der Waals surface area contributed by atoms with Gasteiger partial charge in [0, 0.05) is 76.9 Å². The summed E-state index contributed by atoms with van der Waals surface area (Å²) in [5, 5.41) is 9.22. The fourth-order valence-electron chi connectivity index (χ4n) is 8.52. The van der Waals surface area contributed by atoms with Crippen LogP contribution in [0.1, 0.15) is 77.6 Å². The van der Waals surface area contributed by atoms with Crippen LogP contribution < -0.4 is 9.80 Å². The summed E-state index contributed by atoms with van der Waals surface area (Å²) in [7, 11) is -4.77. The van der Waals surface area contributed by atoms with Crippen molar-refractivity contribution in [3.63, 3.8) is 0 Å². The molecule has 0 fully saturated rings. The molecule has 2 atom stereocenters. The van der Waals surface area contributed by atoms with Crippen LogP contribution in [0.4, 0.5) is 11.6 Å². The van der Waals surface area contributed by atoms with Gasteiger partial charge in [-0.3, -0.25) is 9.59 Å². The molecule has 2 aliphatic rings.